The molecule has 1 atom stereocenters. The molecular weight excluding hydrogens is 246 g/mol. The van der Waals surface area contributed by atoms with Gasteiger partial charge in [0.05, 0.1) is 0 Å². The molecule has 2 N–H and O–H groups in total. The van der Waals surface area contributed by atoms with E-state index in [1.807, 2.05) is 13.0 Å². The second-order valence-corrected chi connectivity index (χ2v) is 4.54. The van der Waals surface area contributed by atoms with Crippen molar-refractivity contribution in [2.45, 2.75) is 33.2 Å². The van der Waals surface area contributed by atoms with Crippen molar-refractivity contribution < 1.29 is 19.5 Å². The molecule has 0 aliphatic heterocycles. The zero-order chi connectivity index (χ0) is 14.6. The quantitative estimate of drug-likeness (QED) is 0.788. The van der Waals surface area contributed by atoms with Crippen LogP contribution in [0.5, 0.6) is 0 Å². The third kappa shape index (κ3) is 4.21. The molecule has 0 aliphatic rings. The van der Waals surface area contributed by atoms with Gasteiger partial charge in [-0.1, -0.05) is 23.8 Å². The fourth-order valence-corrected chi connectivity index (χ4v) is 1.87. The van der Waals surface area contributed by atoms with E-state index in [-0.39, 0.29) is 12.2 Å². The molecule has 1 unspecified atom stereocenters. The van der Waals surface area contributed by atoms with E-state index in [2.05, 4.69) is 5.32 Å². The van der Waals surface area contributed by atoms with Gasteiger partial charge in [0, 0.05) is 18.9 Å². The van der Waals surface area contributed by atoms with Gasteiger partial charge in [0.15, 0.2) is 5.78 Å². The predicted molar refractivity (Wildman–Crippen MR) is 70.1 cm³/mol. The maximum Gasteiger partial charge on any atom is 0.326 e. The van der Waals surface area contributed by atoms with E-state index in [9.17, 15) is 14.4 Å². The van der Waals surface area contributed by atoms with Crippen LogP contribution in [0.25, 0.3) is 0 Å². The fourth-order valence-electron chi connectivity index (χ4n) is 1.87. The van der Waals surface area contributed by atoms with Gasteiger partial charge in [-0.2, -0.15) is 0 Å². The van der Waals surface area contributed by atoms with Gasteiger partial charge >= 0.3 is 5.97 Å². The molecule has 1 aromatic rings. The maximum atomic E-state index is 12.1. The summed E-state index contributed by atoms with van der Waals surface area (Å²) in [5.74, 6) is -1.98. The summed E-state index contributed by atoms with van der Waals surface area (Å²) in [7, 11) is 0. The molecule has 0 aromatic heterocycles. The Morgan fingerprint density at radius 1 is 1.26 bits per heavy atom. The first-order valence-electron chi connectivity index (χ1n) is 5.91. The molecule has 19 heavy (non-hydrogen) atoms. The van der Waals surface area contributed by atoms with Crippen molar-refractivity contribution in [3.05, 3.63) is 34.9 Å². The Morgan fingerprint density at radius 3 is 2.37 bits per heavy atom. The molecule has 5 nitrogen and oxygen atoms in total. The van der Waals surface area contributed by atoms with Crippen LogP contribution in [0, 0.1) is 13.8 Å². The normalized spacial score (nSPS) is 11.7. The van der Waals surface area contributed by atoms with Gasteiger partial charge in [-0.05, 0) is 19.4 Å². The molecule has 1 aromatic carbocycles. The Morgan fingerprint density at radius 2 is 1.89 bits per heavy atom. The van der Waals surface area contributed by atoms with E-state index in [0.717, 1.165) is 11.1 Å². The zero-order valence-corrected chi connectivity index (χ0v) is 11.2. The standard InChI is InChI=1S/C14H17NO4/c1-8-4-5-11(9(2)6-8)13(17)7-12(14(18)19)15-10(3)16/h4-6,12H,7H2,1-3H3,(H,15,16)(H,18,19). The molecule has 1 amide bonds. The highest BCUT2D eigenvalue weighted by Crippen LogP contribution is 2.13. The number of hydrogen-bond donors (Lipinski definition) is 2. The van der Waals surface area contributed by atoms with Gasteiger partial charge in [0.1, 0.15) is 6.04 Å². The van der Waals surface area contributed by atoms with Gasteiger partial charge in [0.2, 0.25) is 5.91 Å². The highest BCUT2D eigenvalue weighted by molar-refractivity contribution is 6.00. The minimum atomic E-state index is -1.21. The van der Waals surface area contributed by atoms with Gasteiger partial charge in [-0.25, -0.2) is 4.79 Å². The SMILES string of the molecule is CC(=O)NC(CC(=O)c1ccc(C)cc1C)C(=O)O. The summed E-state index contributed by atoms with van der Waals surface area (Å²) in [6.07, 6.45) is -0.251. The Balaban J connectivity index is 2.87. The lowest BCUT2D eigenvalue weighted by atomic mass is 9.98. The number of benzene rings is 1. The summed E-state index contributed by atoms with van der Waals surface area (Å²) in [5, 5.41) is 11.2. The zero-order valence-electron chi connectivity index (χ0n) is 11.2. The van der Waals surface area contributed by atoms with Crippen LogP contribution in [0.3, 0.4) is 0 Å². The summed E-state index contributed by atoms with van der Waals surface area (Å²) in [5.41, 5.74) is 2.32. The maximum absolute atomic E-state index is 12.1. The third-order valence-corrected chi connectivity index (χ3v) is 2.75. The largest absolute Gasteiger partial charge is 0.480 e. The first-order chi connectivity index (χ1) is 8.81. The minimum absolute atomic E-state index is 0.251. The topological polar surface area (TPSA) is 83.5 Å². The molecule has 0 bridgehead atoms. The third-order valence-electron chi connectivity index (χ3n) is 2.75. The van der Waals surface area contributed by atoms with Gasteiger partial charge < -0.3 is 10.4 Å². The van der Waals surface area contributed by atoms with Crippen LogP contribution in [0.1, 0.15) is 34.8 Å². The highest BCUT2D eigenvalue weighted by atomic mass is 16.4. The molecule has 102 valence electrons. The number of aliphatic carboxylic acids is 1. The number of rotatable bonds is 5. The van der Waals surface area contributed by atoms with Crippen LogP contribution < -0.4 is 5.32 Å². The average molecular weight is 263 g/mol. The minimum Gasteiger partial charge on any atom is -0.480 e. The number of ketones is 1. The first-order valence-corrected chi connectivity index (χ1v) is 5.91. The Bertz CT molecular complexity index is 522. The lowest BCUT2D eigenvalue weighted by molar-refractivity contribution is -0.141. The molecule has 0 spiro atoms. The number of carbonyl (C=O) groups excluding carboxylic acids is 2. The van der Waals surface area contributed by atoms with Crippen molar-refractivity contribution in [1.29, 1.82) is 0 Å². The molecule has 0 aliphatic carbocycles. The monoisotopic (exact) mass is 263 g/mol. The van der Waals surface area contributed by atoms with E-state index in [1.54, 1.807) is 19.1 Å². The van der Waals surface area contributed by atoms with Crippen LogP contribution in [0.15, 0.2) is 18.2 Å². The number of carboxylic acids is 1. The van der Waals surface area contributed by atoms with E-state index in [1.165, 1.54) is 6.92 Å². The summed E-state index contributed by atoms with van der Waals surface area (Å²) in [6.45, 7) is 4.94. The van der Waals surface area contributed by atoms with Crippen molar-refractivity contribution in [2.75, 3.05) is 0 Å². The van der Waals surface area contributed by atoms with Gasteiger partial charge in [-0.3, -0.25) is 9.59 Å². The summed E-state index contributed by atoms with van der Waals surface area (Å²) >= 11 is 0. The Hall–Kier alpha value is -2.17. The predicted octanol–water partition coefficient (Wildman–Crippen LogP) is 1.47. The van der Waals surface area contributed by atoms with Crippen molar-refractivity contribution >= 4 is 17.7 Å². The van der Waals surface area contributed by atoms with Crippen molar-refractivity contribution in [1.82, 2.24) is 5.32 Å². The molecule has 0 heterocycles. The van der Waals surface area contributed by atoms with Crippen LogP contribution >= 0.6 is 0 Å². The van der Waals surface area contributed by atoms with Gasteiger partial charge in [-0.15, -0.1) is 0 Å². The number of carboxylic acid groups (broad SMARTS) is 1. The molecule has 0 saturated carbocycles. The fraction of sp³-hybridized carbons (Fsp3) is 0.357. The van der Waals surface area contributed by atoms with Crippen LogP contribution in [-0.4, -0.2) is 28.8 Å². The first kappa shape index (κ1) is 14.9. The van der Waals surface area contributed by atoms with Crippen molar-refractivity contribution in [2.24, 2.45) is 0 Å². The van der Waals surface area contributed by atoms with Gasteiger partial charge in [0.25, 0.3) is 0 Å². The van der Waals surface area contributed by atoms with E-state index in [4.69, 9.17) is 5.11 Å². The molecule has 0 radical (unpaired) electrons. The Labute approximate surface area is 111 Å². The summed E-state index contributed by atoms with van der Waals surface area (Å²) in [4.78, 5) is 33.9. The van der Waals surface area contributed by atoms with E-state index >= 15 is 0 Å². The van der Waals surface area contributed by atoms with Crippen LogP contribution in [0.2, 0.25) is 0 Å². The second-order valence-electron chi connectivity index (χ2n) is 4.54. The summed E-state index contributed by atoms with van der Waals surface area (Å²) < 4.78 is 0. The summed E-state index contributed by atoms with van der Waals surface area (Å²) in [6, 6.07) is 4.15. The second kappa shape index (κ2) is 6.13. The average Bonchev–Trinajstić information content (AvgIpc) is 2.26. The smallest absolute Gasteiger partial charge is 0.326 e. The molecule has 1 rings (SSSR count). The number of nitrogens with one attached hydrogen (secondary N) is 1. The van der Waals surface area contributed by atoms with Crippen LogP contribution in [0.4, 0.5) is 0 Å². The van der Waals surface area contributed by atoms with E-state index < -0.39 is 17.9 Å². The number of carbonyl (C=O) groups is 3. The number of amides is 1. The molecule has 5 heteroatoms. The van der Waals surface area contributed by atoms with Crippen LogP contribution in [-0.2, 0) is 9.59 Å². The lowest BCUT2D eigenvalue weighted by Crippen LogP contribution is -2.41. The number of Topliss-reactive ketones (excluding diaryl/α,β-unsaturated/α-hetero) is 1. The molecule has 0 fully saturated rings. The molecular formula is C14H17NO4. The van der Waals surface area contributed by atoms with Crippen molar-refractivity contribution in [3.63, 3.8) is 0 Å². The lowest BCUT2D eigenvalue weighted by Gasteiger charge is -2.13. The van der Waals surface area contributed by atoms with Crippen molar-refractivity contribution in [3.8, 4) is 0 Å². The number of aryl methyl sites for hydroxylation is 2. The molecule has 0 saturated heterocycles. The highest BCUT2D eigenvalue weighted by Gasteiger charge is 2.23. The Kier molecular flexibility index (Phi) is 4.80. The number of hydrogen-bond acceptors (Lipinski definition) is 3. The van der Waals surface area contributed by atoms with E-state index in [0.29, 0.717) is 5.56 Å².